The summed E-state index contributed by atoms with van der Waals surface area (Å²) < 4.78 is 0. The minimum absolute atomic E-state index is 0.714. The van der Waals surface area contributed by atoms with Gasteiger partial charge >= 0.3 is 0 Å². The second kappa shape index (κ2) is 5.77. The Morgan fingerprint density at radius 1 is 1.15 bits per heavy atom. The van der Waals surface area contributed by atoms with Gasteiger partial charge in [0.2, 0.25) is 0 Å². The van der Waals surface area contributed by atoms with E-state index in [-0.39, 0.29) is 0 Å². The van der Waals surface area contributed by atoms with Crippen molar-refractivity contribution in [3.05, 3.63) is 64.7 Å². The first kappa shape index (κ1) is 12.7. The summed E-state index contributed by atoms with van der Waals surface area (Å²) >= 11 is 0. The van der Waals surface area contributed by atoms with Gasteiger partial charge in [-0.25, -0.2) is 0 Å². The van der Waals surface area contributed by atoms with E-state index in [1.807, 2.05) is 24.3 Å². The number of rotatable bonds is 4. The number of nitrogens with zero attached hydrogens (tertiary/aromatic N) is 1. The molecule has 0 saturated heterocycles. The fraction of sp³-hybridized carbons (Fsp3) is 0.235. The highest BCUT2D eigenvalue weighted by Crippen LogP contribution is 2.26. The van der Waals surface area contributed by atoms with Crippen LogP contribution in [0.25, 0.3) is 0 Å². The van der Waals surface area contributed by atoms with E-state index in [0.717, 1.165) is 31.6 Å². The molecule has 0 unspecified atom stereocenters. The predicted octanol–water partition coefficient (Wildman–Crippen LogP) is 2.82. The van der Waals surface area contributed by atoms with Crippen molar-refractivity contribution in [2.45, 2.75) is 19.5 Å². The number of fused-ring (bicyclic) bond motifs is 1. The van der Waals surface area contributed by atoms with Gasteiger partial charge in [-0.3, -0.25) is 0 Å². The van der Waals surface area contributed by atoms with Crippen LogP contribution in [0, 0.1) is 11.3 Å². The van der Waals surface area contributed by atoms with Crippen LogP contribution in [-0.2, 0) is 19.5 Å². The van der Waals surface area contributed by atoms with Crippen LogP contribution in [0.3, 0.4) is 0 Å². The number of hydrogen-bond acceptors (Lipinski definition) is 3. The van der Waals surface area contributed by atoms with Crippen molar-refractivity contribution in [3.8, 4) is 6.07 Å². The Morgan fingerprint density at radius 2 is 2.05 bits per heavy atom. The lowest BCUT2D eigenvalue weighted by Crippen LogP contribution is -2.13. The zero-order valence-corrected chi connectivity index (χ0v) is 11.3. The molecule has 0 radical (unpaired) electrons. The average Bonchev–Trinajstić information content (AvgIpc) is 2.97. The van der Waals surface area contributed by atoms with Crippen molar-refractivity contribution in [2.75, 3.05) is 11.9 Å². The van der Waals surface area contributed by atoms with Crippen LogP contribution >= 0.6 is 0 Å². The smallest absolute Gasteiger partial charge is 0.0991 e. The quantitative estimate of drug-likeness (QED) is 0.891. The normalized spacial score (nSPS) is 12.6. The maximum atomic E-state index is 8.89. The minimum atomic E-state index is 0.714. The first-order valence-corrected chi connectivity index (χ1v) is 6.91. The third kappa shape index (κ3) is 2.66. The van der Waals surface area contributed by atoms with Crippen molar-refractivity contribution in [3.63, 3.8) is 0 Å². The minimum Gasteiger partial charge on any atom is -0.384 e. The van der Waals surface area contributed by atoms with Gasteiger partial charge in [0.1, 0.15) is 0 Å². The molecule has 2 aromatic carbocycles. The number of anilines is 1. The molecule has 2 N–H and O–H groups in total. The van der Waals surface area contributed by atoms with Gasteiger partial charge in [0.15, 0.2) is 0 Å². The van der Waals surface area contributed by atoms with Gasteiger partial charge in [0, 0.05) is 25.3 Å². The van der Waals surface area contributed by atoms with Gasteiger partial charge in [0.05, 0.1) is 11.6 Å². The van der Waals surface area contributed by atoms with Crippen molar-refractivity contribution in [2.24, 2.45) is 0 Å². The number of nitriles is 1. The van der Waals surface area contributed by atoms with Gasteiger partial charge in [-0.15, -0.1) is 0 Å². The molecule has 0 atom stereocenters. The molecule has 0 aliphatic carbocycles. The van der Waals surface area contributed by atoms with E-state index in [1.54, 1.807) is 0 Å². The number of benzene rings is 2. The molecule has 3 heteroatoms. The standard InChI is InChI=1S/C17H17N3/c18-10-13-3-1-4-14(9-13)11-19-12-16-6-2-5-15-7-8-20-17(15)16/h1-6,9,19-20H,7-8,11-12H2. The molecule has 1 aliphatic rings. The molecular weight excluding hydrogens is 246 g/mol. The fourth-order valence-electron chi connectivity index (χ4n) is 2.65. The topological polar surface area (TPSA) is 47.9 Å². The Labute approximate surface area is 119 Å². The molecule has 2 aromatic rings. The second-order valence-corrected chi connectivity index (χ2v) is 5.04. The SMILES string of the molecule is N#Cc1cccc(CNCc2cccc3c2NCC3)c1. The van der Waals surface area contributed by atoms with E-state index in [9.17, 15) is 0 Å². The molecule has 0 bridgehead atoms. The Kier molecular flexibility index (Phi) is 3.67. The molecule has 1 aliphatic heterocycles. The van der Waals surface area contributed by atoms with E-state index in [0.29, 0.717) is 5.56 Å². The first-order valence-electron chi connectivity index (χ1n) is 6.91. The second-order valence-electron chi connectivity index (χ2n) is 5.04. The van der Waals surface area contributed by atoms with Gasteiger partial charge in [-0.1, -0.05) is 30.3 Å². The molecule has 1 heterocycles. The molecule has 3 nitrogen and oxygen atoms in total. The highest BCUT2D eigenvalue weighted by molar-refractivity contribution is 5.61. The predicted molar refractivity (Wildman–Crippen MR) is 80.3 cm³/mol. The Balaban J connectivity index is 1.63. The average molecular weight is 263 g/mol. The van der Waals surface area contributed by atoms with E-state index >= 15 is 0 Å². The maximum absolute atomic E-state index is 8.89. The summed E-state index contributed by atoms with van der Waals surface area (Å²) in [5.74, 6) is 0. The summed E-state index contributed by atoms with van der Waals surface area (Å²) in [4.78, 5) is 0. The molecule has 0 fully saturated rings. The third-order valence-electron chi connectivity index (χ3n) is 3.63. The van der Waals surface area contributed by atoms with Gasteiger partial charge in [-0.2, -0.15) is 5.26 Å². The summed E-state index contributed by atoms with van der Waals surface area (Å²) in [6, 6.07) is 16.4. The molecule has 20 heavy (non-hydrogen) atoms. The van der Waals surface area contributed by atoms with E-state index in [4.69, 9.17) is 5.26 Å². The summed E-state index contributed by atoms with van der Waals surface area (Å²) in [5.41, 5.74) is 5.88. The Morgan fingerprint density at radius 3 is 2.95 bits per heavy atom. The zero-order chi connectivity index (χ0) is 13.8. The van der Waals surface area contributed by atoms with Crippen LogP contribution in [0.1, 0.15) is 22.3 Å². The highest BCUT2D eigenvalue weighted by Gasteiger charge is 2.12. The van der Waals surface area contributed by atoms with E-state index < -0.39 is 0 Å². The molecule has 100 valence electrons. The lowest BCUT2D eigenvalue weighted by molar-refractivity contribution is 0.694. The van der Waals surface area contributed by atoms with Crippen molar-refractivity contribution < 1.29 is 0 Å². The third-order valence-corrected chi connectivity index (χ3v) is 3.63. The summed E-state index contributed by atoms with van der Waals surface area (Å²) in [6.45, 7) is 2.66. The fourth-order valence-corrected chi connectivity index (χ4v) is 2.65. The molecule has 0 amide bonds. The Hall–Kier alpha value is -2.31. The van der Waals surface area contributed by atoms with Crippen LogP contribution in [0.5, 0.6) is 0 Å². The number of nitrogens with one attached hydrogen (secondary N) is 2. The van der Waals surface area contributed by atoms with Crippen molar-refractivity contribution in [1.29, 1.82) is 5.26 Å². The molecule has 0 spiro atoms. The van der Waals surface area contributed by atoms with Crippen LogP contribution in [-0.4, -0.2) is 6.54 Å². The van der Waals surface area contributed by atoms with Crippen LogP contribution in [0.4, 0.5) is 5.69 Å². The van der Waals surface area contributed by atoms with E-state index in [2.05, 4.69) is 34.9 Å². The zero-order valence-electron chi connectivity index (χ0n) is 11.3. The Bertz CT molecular complexity index is 656. The summed E-state index contributed by atoms with van der Waals surface area (Å²) in [6.07, 6.45) is 1.12. The van der Waals surface area contributed by atoms with Gasteiger partial charge in [-0.05, 0) is 35.2 Å². The van der Waals surface area contributed by atoms with Gasteiger partial charge in [0.25, 0.3) is 0 Å². The highest BCUT2D eigenvalue weighted by atomic mass is 14.9. The number of hydrogen-bond donors (Lipinski definition) is 2. The van der Waals surface area contributed by atoms with Crippen LogP contribution < -0.4 is 10.6 Å². The molecular formula is C17H17N3. The van der Waals surface area contributed by atoms with Crippen LogP contribution in [0.2, 0.25) is 0 Å². The van der Waals surface area contributed by atoms with E-state index in [1.165, 1.54) is 16.8 Å². The summed E-state index contributed by atoms with van der Waals surface area (Å²) in [7, 11) is 0. The largest absolute Gasteiger partial charge is 0.384 e. The van der Waals surface area contributed by atoms with Gasteiger partial charge < -0.3 is 10.6 Å². The first-order chi connectivity index (χ1) is 9.86. The van der Waals surface area contributed by atoms with Crippen molar-refractivity contribution >= 4 is 5.69 Å². The molecule has 3 rings (SSSR count). The monoisotopic (exact) mass is 263 g/mol. The maximum Gasteiger partial charge on any atom is 0.0991 e. The van der Waals surface area contributed by atoms with Crippen molar-refractivity contribution in [1.82, 2.24) is 5.32 Å². The lowest BCUT2D eigenvalue weighted by atomic mass is 10.1. The van der Waals surface area contributed by atoms with Crippen LogP contribution in [0.15, 0.2) is 42.5 Å². The lowest BCUT2D eigenvalue weighted by Gasteiger charge is -2.10. The molecule has 0 aromatic heterocycles. The summed E-state index contributed by atoms with van der Waals surface area (Å²) in [5, 5.41) is 15.8. The number of para-hydroxylation sites is 1. The molecule has 0 saturated carbocycles.